The Morgan fingerprint density at radius 2 is 1.29 bits per heavy atom. The molecule has 0 fully saturated rings. The van der Waals surface area contributed by atoms with Crippen molar-refractivity contribution in [1.29, 1.82) is 0 Å². The molecule has 3 rings (SSSR count). The first-order valence-corrected chi connectivity index (χ1v) is 7.84. The van der Waals surface area contributed by atoms with Gasteiger partial charge in [0.05, 0.1) is 26.7 Å². The molecule has 3 aromatic carbocycles. The molecular formula is C22H20O2. The zero-order chi connectivity index (χ0) is 16.8. The van der Waals surface area contributed by atoms with Gasteiger partial charge in [-0.2, -0.15) is 0 Å². The van der Waals surface area contributed by atoms with E-state index in [2.05, 4.69) is 54.6 Å². The lowest BCUT2D eigenvalue weighted by Crippen LogP contribution is -1.89. The standard InChI is InChI=1S/C22H20O2/c1-23-14-12-18-8-5-9-19(13-15-24-2)22(18)21-11-10-17-6-3-4-7-20(17)16-21/h3-16H,1-2H3/b14-12+,15-13+/i14+1,15+1. The average Bonchev–Trinajstić information content (AvgIpc) is 2.64. The highest BCUT2D eigenvalue weighted by Crippen LogP contribution is 2.32. The smallest absolute Gasteiger partial charge is 0.0830 e. The molecule has 0 radical (unpaired) electrons. The monoisotopic (exact) mass is 318 g/mol. The van der Waals surface area contributed by atoms with Gasteiger partial charge in [-0.15, -0.1) is 0 Å². The molecule has 0 aliphatic rings. The maximum Gasteiger partial charge on any atom is 0.0830 e. The van der Waals surface area contributed by atoms with Crippen molar-refractivity contribution in [3.05, 3.63) is 84.3 Å². The van der Waals surface area contributed by atoms with Crippen molar-refractivity contribution in [1.82, 2.24) is 0 Å². The van der Waals surface area contributed by atoms with Crippen LogP contribution in [0.1, 0.15) is 11.1 Å². The summed E-state index contributed by atoms with van der Waals surface area (Å²) in [7, 11) is 3.31. The van der Waals surface area contributed by atoms with E-state index in [1.54, 1.807) is 26.7 Å². The zero-order valence-corrected chi connectivity index (χ0v) is 13.9. The predicted molar refractivity (Wildman–Crippen MR) is 101 cm³/mol. The van der Waals surface area contributed by atoms with Crippen molar-refractivity contribution in [2.75, 3.05) is 14.2 Å². The minimum Gasteiger partial charge on any atom is -0.504 e. The number of fused-ring (bicyclic) bond motifs is 1. The van der Waals surface area contributed by atoms with Gasteiger partial charge in [0.15, 0.2) is 0 Å². The Bertz CT molecular complexity index is 859. The molecule has 0 atom stereocenters. The van der Waals surface area contributed by atoms with Gasteiger partial charge in [0, 0.05) is 0 Å². The normalized spacial score (nSPS) is 11.4. The number of hydrogen-bond acceptors (Lipinski definition) is 2. The van der Waals surface area contributed by atoms with E-state index in [-0.39, 0.29) is 0 Å². The van der Waals surface area contributed by atoms with Crippen LogP contribution in [-0.2, 0) is 9.47 Å². The molecule has 0 saturated heterocycles. The van der Waals surface area contributed by atoms with Crippen LogP contribution in [0.2, 0.25) is 0 Å². The highest BCUT2D eigenvalue weighted by molar-refractivity contribution is 5.91. The Labute approximate surface area is 142 Å². The highest BCUT2D eigenvalue weighted by atomic mass is 16.5. The van der Waals surface area contributed by atoms with Gasteiger partial charge in [0.1, 0.15) is 0 Å². The molecule has 0 amide bonds. The van der Waals surface area contributed by atoms with Crippen LogP contribution in [0.5, 0.6) is 0 Å². The van der Waals surface area contributed by atoms with Crippen LogP contribution in [0.15, 0.2) is 73.2 Å². The molecule has 120 valence electrons. The van der Waals surface area contributed by atoms with Crippen molar-refractivity contribution < 1.29 is 9.47 Å². The Kier molecular flexibility index (Phi) is 4.97. The quantitative estimate of drug-likeness (QED) is 0.441. The first kappa shape index (κ1) is 15.9. The van der Waals surface area contributed by atoms with Gasteiger partial charge in [0.25, 0.3) is 0 Å². The van der Waals surface area contributed by atoms with Crippen molar-refractivity contribution in [2.24, 2.45) is 0 Å². The molecule has 24 heavy (non-hydrogen) atoms. The lowest BCUT2D eigenvalue weighted by Gasteiger charge is -2.12. The van der Waals surface area contributed by atoms with Crippen molar-refractivity contribution in [3.8, 4) is 11.1 Å². The summed E-state index contributed by atoms with van der Waals surface area (Å²) < 4.78 is 10.2. The second-order valence-corrected chi connectivity index (χ2v) is 5.45. The van der Waals surface area contributed by atoms with Gasteiger partial charge in [-0.3, -0.25) is 0 Å². The molecular weight excluding hydrogens is 298 g/mol. The summed E-state index contributed by atoms with van der Waals surface area (Å²) in [5.41, 5.74) is 4.53. The van der Waals surface area contributed by atoms with E-state index < -0.39 is 0 Å². The minimum atomic E-state index is 1.10. The third kappa shape index (κ3) is 3.33. The second kappa shape index (κ2) is 7.51. The Balaban J connectivity index is 2.21. The largest absolute Gasteiger partial charge is 0.504 e. The fraction of sp³-hybridized carbons (Fsp3) is 0.0909. The Morgan fingerprint density at radius 3 is 1.92 bits per heavy atom. The van der Waals surface area contributed by atoms with Crippen LogP contribution in [0.25, 0.3) is 34.1 Å². The Morgan fingerprint density at radius 1 is 0.667 bits per heavy atom. The van der Waals surface area contributed by atoms with E-state index in [9.17, 15) is 0 Å². The van der Waals surface area contributed by atoms with E-state index >= 15 is 0 Å². The summed E-state index contributed by atoms with van der Waals surface area (Å²) in [5.74, 6) is 0. The number of ether oxygens (including phenoxy) is 2. The van der Waals surface area contributed by atoms with E-state index in [1.165, 1.54) is 16.3 Å². The van der Waals surface area contributed by atoms with E-state index in [4.69, 9.17) is 9.47 Å². The molecule has 2 heteroatoms. The fourth-order valence-electron chi connectivity index (χ4n) is 2.83. The third-order valence-electron chi connectivity index (χ3n) is 3.93. The van der Waals surface area contributed by atoms with E-state index in [0.29, 0.717) is 0 Å². The summed E-state index contributed by atoms with van der Waals surface area (Å²) in [5, 5.41) is 2.46. The molecule has 0 aliphatic carbocycles. The molecule has 2 nitrogen and oxygen atoms in total. The second-order valence-electron chi connectivity index (χ2n) is 5.45. The molecule has 0 bridgehead atoms. The summed E-state index contributed by atoms with van der Waals surface area (Å²) in [4.78, 5) is 0. The molecule has 0 heterocycles. The molecule has 0 saturated carbocycles. The highest BCUT2D eigenvalue weighted by Gasteiger charge is 2.08. The van der Waals surface area contributed by atoms with Gasteiger partial charge >= 0.3 is 0 Å². The van der Waals surface area contributed by atoms with Crippen LogP contribution < -0.4 is 0 Å². The van der Waals surface area contributed by atoms with Gasteiger partial charge in [-0.05, 0) is 51.2 Å². The van der Waals surface area contributed by atoms with Crippen molar-refractivity contribution in [2.45, 2.75) is 0 Å². The first-order chi connectivity index (χ1) is 11.8. The first-order valence-electron chi connectivity index (χ1n) is 7.84. The van der Waals surface area contributed by atoms with Crippen LogP contribution in [0.3, 0.4) is 0 Å². The van der Waals surface area contributed by atoms with Crippen LogP contribution >= 0.6 is 0 Å². The fourth-order valence-corrected chi connectivity index (χ4v) is 2.83. The summed E-state index contributed by atoms with van der Waals surface area (Å²) in [6.07, 6.45) is 7.36. The SMILES string of the molecule is CO/[13CH]=C/c1cccc(/C=[13CH]/OC)c1-c1ccc2ccccc2c1. The summed E-state index contributed by atoms with van der Waals surface area (Å²) >= 11 is 0. The summed E-state index contributed by atoms with van der Waals surface area (Å²) in [6.45, 7) is 0. The lowest BCUT2D eigenvalue weighted by molar-refractivity contribution is 0.341. The lowest BCUT2D eigenvalue weighted by atomic mass is 9.93. The number of hydrogen-bond donors (Lipinski definition) is 0. The van der Waals surface area contributed by atoms with Gasteiger partial charge in [-0.25, -0.2) is 0 Å². The van der Waals surface area contributed by atoms with Crippen molar-refractivity contribution in [3.63, 3.8) is 0 Å². The van der Waals surface area contributed by atoms with E-state index in [1.807, 2.05) is 18.2 Å². The Hall–Kier alpha value is -3.00. The average molecular weight is 318 g/mol. The topological polar surface area (TPSA) is 18.5 Å². The van der Waals surface area contributed by atoms with Crippen LogP contribution in [-0.4, -0.2) is 14.2 Å². The molecule has 0 aliphatic heterocycles. The third-order valence-corrected chi connectivity index (χ3v) is 3.93. The number of rotatable bonds is 5. The molecule has 0 aromatic heterocycles. The molecule has 0 unspecified atom stereocenters. The van der Waals surface area contributed by atoms with Gasteiger partial charge < -0.3 is 9.47 Å². The number of methoxy groups -OCH3 is 2. The molecule has 0 spiro atoms. The zero-order valence-electron chi connectivity index (χ0n) is 13.9. The van der Waals surface area contributed by atoms with Gasteiger partial charge in [-0.1, -0.05) is 54.6 Å². The van der Waals surface area contributed by atoms with Crippen LogP contribution in [0.4, 0.5) is 0 Å². The maximum absolute atomic E-state index is 5.10. The van der Waals surface area contributed by atoms with Gasteiger partial charge in [0.2, 0.25) is 0 Å². The van der Waals surface area contributed by atoms with Crippen molar-refractivity contribution >= 4 is 22.9 Å². The summed E-state index contributed by atoms with van der Waals surface area (Å²) in [6, 6.07) is 21.1. The predicted octanol–water partition coefficient (Wildman–Crippen LogP) is 5.74. The molecule has 3 aromatic rings. The molecule has 0 N–H and O–H groups in total. The maximum atomic E-state index is 5.10. The number of benzene rings is 3. The minimum absolute atomic E-state index is 1.10. The van der Waals surface area contributed by atoms with Crippen LogP contribution in [0, 0.1) is 0 Å². The van der Waals surface area contributed by atoms with E-state index in [0.717, 1.165) is 16.7 Å².